The molecule has 0 aliphatic rings. The summed E-state index contributed by atoms with van der Waals surface area (Å²) in [7, 11) is 0. The van der Waals surface area contributed by atoms with Crippen molar-refractivity contribution in [1.29, 1.82) is 0 Å². The van der Waals surface area contributed by atoms with Crippen LogP contribution >= 0.6 is 0 Å². The molecular weight excluding hydrogens is 288 g/mol. The quantitative estimate of drug-likeness (QED) is 0.444. The zero-order valence-corrected chi connectivity index (χ0v) is 12.2. The van der Waals surface area contributed by atoms with Gasteiger partial charge in [-0.15, -0.1) is 0 Å². The number of aromatic hydroxyl groups is 3. The predicted molar refractivity (Wildman–Crippen MR) is 91.9 cm³/mol. The molecule has 4 aromatic rings. The van der Waals surface area contributed by atoms with Crippen molar-refractivity contribution in [1.82, 2.24) is 0 Å². The number of rotatable bonds is 1. The summed E-state index contributed by atoms with van der Waals surface area (Å²) in [5, 5.41) is 34.3. The zero-order valence-electron chi connectivity index (χ0n) is 12.2. The largest absolute Gasteiger partial charge is 0.507 e. The summed E-state index contributed by atoms with van der Waals surface area (Å²) in [6, 6.07) is 20.1. The third-order valence-corrected chi connectivity index (χ3v) is 4.16. The third-order valence-electron chi connectivity index (χ3n) is 4.16. The fourth-order valence-electron chi connectivity index (χ4n) is 3.10. The highest BCUT2D eigenvalue weighted by Crippen LogP contribution is 2.47. The number of phenolic OH excluding ortho intramolecular Hbond substituents is 3. The molecule has 0 atom stereocenters. The van der Waals surface area contributed by atoms with Crippen molar-refractivity contribution in [3.8, 4) is 28.4 Å². The Hall–Kier alpha value is -3.20. The van der Waals surface area contributed by atoms with Crippen molar-refractivity contribution in [2.75, 3.05) is 0 Å². The Balaban J connectivity index is 2.24. The number of fused-ring (bicyclic) bond motifs is 2. The van der Waals surface area contributed by atoms with Crippen molar-refractivity contribution in [2.45, 2.75) is 0 Å². The zero-order chi connectivity index (χ0) is 16.0. The van der Waals surface area contributed by atoms with E-state index in [1.807, 2.05) is 54.6 Å². The maximum absolute atomic E-state index is 10.5. The monoisotopic (exact) mass is 302 g/mol. The molecule has 0 heterocycles. The summed E-state index contributed by atoms with van der Waals surface area (Å²) in [5.74, 6) is -0.365. The van der Waals surface area contributed by atoms with Crippen molar-refractivity contribution >= 4 is 21.5 Å². The fourth-order valence-corrected chi connectivity index (χ4v) is 3.10. The lowest BCUT2D eigenvalue weighted by atomic mass is 9.92. The molecule has 0 radical (unpaired) electrons. The Morgan fingerprint density at radius 1 is 0.522 bits per heavy atom. The Morgan fingerprint density at radius 2 is 1.13 bits per heavy atom. The van der Waals surface area contributed by atoms with E-state index < -0.39 is 0 Å². The van der Waals surface area contributed by atoms with Crippen LogP contribution in [0.15, 0.2) is 66.7 Å². The highest BCUT2D eigenvalue weighted by molar-refractivity contribution is 6.10. The van der Waals surface area contributed by atoms with Crippen LogP contribution in [0.5, 0.6) is 17.2 Å². The third kappa shape index (κ3) is 1.98. The van der Waals surface area contributed by atoms with Crippen LogP contribution in [-0.4, -0.2) is 15.3 Å². The summed E-state index contributed by atoms with van der Waals surface area (Å²) < 4.78 is 0. The number of hydrogen-bond acceptors (Lipinski definition) is 3. The molecule has 0 bridgehead atoms. The molecule has 4 rings (SSSR count). The van der Waals surface area contributed by atoms with Crippen molar-refractivity contribution in [2.24, 2.45) is 0 Å². The van der Waals surface area contributed by atoms with Gasteiger partial charge in [-0.3, -0.25) is 0 Å². The smallest absolute Gasteiger partial charge is 0.166 e. The van der Waals surface area contributed by atoms with Gasteiger partial charge < -0.3 is 15.3 Å². The molecule has 112 valence electrons. The molecule has 0 spiro atoms. The maximum Gasteiger partial charge on any atom is 0.166 e. The minimum Gasteiger partial charge on any atom is -0.507 e. The normalized spacial score (nSPS) is 11.1. The summed E-state index contributed by atoms with van der Waals surface area (Å²) >= 11 is 0. The Kier molecular flexibility index (Phi) is 2.88. The van der Waals surface area contributed by atoms with Crippen LogP contribution in [0.1, 0.15) is 0 Å². The Bertz CT molecular complexity index is 1050. The Morgan fingerprint density at radius 3 is 1.87 bits per heavy atom. The van der Waals surface area contributed by atoms with Crippen LogP contribution in [0.3, 0.4) is 0 Å². The first-order chi connectivity index (χ1) is 11.2. The van der Waals surface area contributed by atoms with Gasteiger partial charge in [0.15, 0.2) is 11.5 Å². The number of benzene rings is 4. The van der Waals surface area contributed by atoms with Crippen LogP contribution in [0.2, 0.25) is 0 Å². The van der Waals surface area contributed by atoms with Crippen molar-refractivity contribution in [3.05, 3.63) is 66.7 Å². The van der Waals surface area contributed by atoms with E-state index in [-0.39, 0.29) is 17.2 Å². The second-order valence-corrected chi connectivity index (χ2v) is 5.52. The molecule has 3 heteroatoms. The van der Waals surface area contributed by atoms with E-state index in [1.165, 1.54) is 6.07 Å². The van der Waals surface area contributed by atoms with Gasteiger partial charge in [0.05, 0.1) is 0 Å². The average Bonchev–Trinajstić information content (AvgIpc) is 2.57. The lowest BCUT2D eigenvalue weighted by molar-refractivity contribution is 0.406. The van der Waals surface area contributed by atoms with Crippen molar-refractivity contribution < 1.29 is 15.3 Å². The average molecular weight is 302 g/mol. The van der Waals surface area contributed by atoms with Gasteiger partial charge in [-0.05, 0) is 33.7 Å². The van der Waals surface area contributed by atoms with Gasteiger partial charge in [0.1, 0.15) is 5.75 Å². The second-order valence-electron chi connectivity index (χ2n) is 5.52. The molecule has 0 saturated heterocycles. The predicted octanol–water partition coefficient (Wildman–Crippen LogP) is 4.78. The maximum atomic E-state index is 10.5. The van der Waals surface area contributed by atoms with E-state index in [4.69, 9.17) is 0 Å². The molecule has 0 unspecified atom stereocenters. The van der Waals surface area contributed by atoms with Crippen LogP contribution in [0, 0.1) is 0 Å². The van der Waals surface area contributed by atoms with Crippen LogP contribution in [0.25, 0.3) is 32.7 Å². The first-order valence-corrected chi connectivity index (χ1v) is 7.31. The number of hydrogen-bond donors (Lipinski definition) is 3. The molecule has 0 saturated carbocycles. The van der Waals surface area contributed by atoms with Gasteiger partial charge in [0.25, 0.3) is 0 Å². The highest BCUT2D eigenvalue weighted by atomic mass is 16.3. The molecule has 0 fully saturated rings. The topological polar surface area (TPSA) is 60.7 Å². The van der Waals surface area contributed by atoms with Crippen molar-refractivity contribution in [3.63, 3.8) is 0 Å². The second kappa shape index (κ2) is 4.92. The molecule has 0 aliphatic carbocycles. The molecular formula is C20H14O3. The molecule has 0 amide bonds. The van der Waals surface area contributed by atoms with Crippen LogP contribution in [0.4, 0.5) is 0 Å². The van der Waals surface area contributed by atoms with E-state index in [1.54, 1.807) is 6.07 Å². The Labute approximate surface area is 132 Å². The highest BCUT2D eigenvalue weighted by Gasteiger charge is 2.19. The summed E-state index contributed by atoms with van der Waals surface area (Å²) in [6.07, 6.45) is 0. The van der Waals surface area contributed by atoms with Crippen LogP contribution in [-0.2, 0) is 0 Å². The lowest BCUT2D eigenvalue weighted by Crippen LogP contribution is -1.87. The first kappa shape index (κ1) is 13.5. The minimum absolute atomic E-state index is 0.0646. The molecule has 3 N–H and O–H groups in total. The van der Waals surface area contributed by atoms with E-state index >= 15 is 0 Å². The van der Waals surface area contributed by atoms with Gasteiger partial charge in [-0.25, -0.2) is 0 Å². The molecule has 3 nitrogen and oxygen atoms in total. The number of phenols is 3. The lowest BCUT2D eigenvalue weighted by Gasteiger charge is -2.15. The standard InChI is InChI=1S/C20H14O3/c21-16-10-9-12-5-1-3-7-14(12)18(16)19-15-8-4-2-6-13(15)11-17(22)20(19)23/h1-11,21-23H. The van der Waals surface area contributed by atoms with E-state index in [0.29, 0.717) is 11.1 Å². The molecule has 0 aromatic heterocycles. The molecule has 23 heavy (non-hydrogen) atoms. The summed E-state index contributed by atoms with van der Waals surface area (Å²) in [4.78, 5) is 0. The summed E-state index contributed by atoms with van der Waals surface area (Å²) in [5.41, 5.74) is 0.961. The fraction of sp³-hybridized carbons (Fsp3) is 0. The summed E-state index contributed by atoms with van der Waals surface area (Å²) in [6.45, 7) is 0. The van der Waals surface area contributed by atoms with Crippen LogP contribution < -0.4 is 0 Å². The van der Waals surface area contributed by atoms with Gasteiger partial charge in [-0.2, -0.15) is 0 Å². The molecule has 0 aliphatic heterocycles. The van der Waals surface area contributed by atoms with E-state index in [9.17, 15) is 15.3 Å². The van der Waals surface area contributed by atoms with Gasteiger partial charge >= 0.3 is 0 Å². The molecule has 4 aromatic carbocycles. The first-order valence-electron chi connectivity index (χ1n) is 7.31. The minimum atomic E-state index is -0.227. The van der Waals surface area contributed by atoms with E-state index in [2.05, 4.69) is 0 Å². The van der Waals surface area contributed by atoms with E-state index in [0.717, 1.165) is 21.5 Å². The van der Waals surface area contributed by atoms with Gasteiger partial charge in [-0.1, -0.05) is 54.6 Å². The van der Waals surface area contributed by atoms with Gasteiger partial charge in [0.2, 0.25) is 0 Å². The SMILES string of the molecule is Oc1cc2ccccc2c(-c2c(O)ccc3ccccc23)c1O. The van der Waals surface area contributed by atoms with Gasteiger partial charge in [0, 0.05) is 11.1 Å².